The van der Waals surface area contributed by atoms with Crippen LogP contribution in [0, 0.1) is 0 Å². The Morgan fingerprint density at radius 3 is 3.00 bits per heavy atom. The standard InChI is InChI=1S/C12H13BrClNO/c1-8(16)15-7-9(4-5-13)11-6-10(14)2-3-12(11)15/h2-3,6,9H,4-5,7H2,1H3. The molecule has 86 valence electrons. The van der Waals surface area contributed by atoms with Gasteiger partial charge in [-0.15, -0.1) is 0 Å². The quantitative estimate of drug-likeness (QED) is 0.765. The third-order valence-electron chi connectivity index (χ3n) is 2.96. The van der Waals surface area contributed by atoms with E-state index < -0.39 is 0 Å². The predicted molar refractivity (Wildman–Crippen MR) is 70.6 cm³/mol. The Labute approximate surface area is 109 Å². The minimum atomic E-state index is 0.0978. The van der Waals surface area contributed by atoms with Gasteiger partial charge < -0.3 is 4.90 Å². The van der Waals surface area contributed by atoms with Crippen molar-refractivity contribution in [1.29, 1.82) is 0 Å². The number of amides is 1. The smallest absolute Gasteiger partial charge is 0.223 e. The molecule has 0 radical (unpaired) electrons. The molecule has 2 rings (SSSR count). The van der Waals surface area contributed by atoms with Crippen molar-refractivity contribution in [2.24, 2.45) is 0 Å². The summed E-state index contributed by atoms with van der Waals surface area (Å²) in [5.41, 5.74) is 2.21. The van der Waals surface area contributed by atoms with Crippen molar-refractivity contribution in [1.82, 2.24) is 0 Å². The van der Waals surface area contributed by atoms with Gasteiger partial charge in [0.05, 0.1) is 0 Å². The first-order valence-electron chi connectivity index (χ1n) is 5.27. The zero-order valence-corrected chi connectivity index (χ0v) is 11.4. The summed E-state index contributed by atoms with van der Waals surface area (Å²) in [5.74, 6) is 0.498. The predicted octanol–water partition coefficient (Wildman–Crippen LogP) is 3.58. The molecule has 0 spiro atoms. The van der Waals surface area contributed by atoms with Gasteiger partial charge in [-0.25, -0.2) is 0 Å². The van der Waals surface area contributed by atoms with E-state index in [4.69, 9.17) is 11.6 Å². The minimum Gasteiger partial charge on any atom is -0.312 e. The van der Waals surface area contributed by atoms with Crippen LogP contribution in [0.3, 0.4) is 0 Å². The van der Waals surface area contributed by atoms with E-state index in [1.807, 2.05) is 23.1 Å². The summed E-state index contributed by atoms with van der Waals surface area (Å²) in [4.78, 5) is 13.4. The Hall–Kier alpha value is -0.540. The van der Waals surface area contributed by atoms with Gasteiger partial charge in [-0.3, -0.25) is 4.79 Å². The number of fused-ring (bicyclic) bond motifs is 1. The van der Waals surface area contributed by atoms with E-state index >= 15 is 0 Å². The molecule has 1 unspecified atom stereocenters. The van der Waals surface area contributed by atoms with Crippen LogP contribution in [0.5, 0.6) is 0 Å². The lowest BCUT2D eigenvalue weighted by atomic mass is 9.99. The van der Waals surface area contributed by atoms with Crippen LogP contribution in [0.1, 0.15) is 24.8 Å². The number of rotatable bonds is 2. The van der Waals surface area contributed by atoms with Crippen LogP contribution in [0.15, 0.2) is 18.2 Å². The van der Waals surface area contributed by atoms with E-state index in [1.54, 1.807) is 6.92 Å². The molecule has 1 aliphatic heterocycles. The molecule has 2 nitrogen and oxygen atoms in total. The second-order valence-electron chi connectivity index (χ2n) is 4.01. The van der Waals surface area contributed by atoms with Crippen molar-refractivity contribution in [3.05, 3.63) is 28.8 Å². The molecule has 0 saturated heterocycles. The van der Waals surface area contributed by atoms with Crippen LogP contribution in [0.4, 0.5) is 5.69 Å². The molecule has 1 amide bonds. The van der Waals surface area contributed by atoms with Crippen molar-refractivity contribution < 1.29 is 4.79 Å². The van der Waals surface area contributed by atoms with Gasteiger partial charge >= 0.3 is 0 Å². The van der Waals surface area contributed by atoms with Gasteiger partial charge in [0.15, 0.2) is 0 Å². The molecule has 0 fully saturated rings. The van der Waals surface area contributed by atoms with Gasteiger partial charge in [-0.1, -0.05) is 27.5 Å². The number of carbonyl (C=O) groups is 1. The van der Waals surface area contributed by atoms with Crippen molar-refractivity contribution in [3.8, 4) is 0 Å². The highest BCUT2D eigenvalue weighted by Gasteiger charge is 2.30. The molecule has 4 heteroatoms. The van der Waals surface area contributed by atoms with Crippen LogP contribution in [-0.2, 0) is 4.79 Å². The lowest BCUT2D eigenvalue weighted by molar-refractivity contribution is -0.116. The van der Waals surface area contributed by atoms with E-state index in [1.165, 1.54) is 5.56 Å². The summed E-state index contributed by atoms with van der Waals surface area (Å²) in [6.07, 6.45) is 1.02. The first-order valence-corrected chi connectivity index (χ1v) is 6.77. The summed E-state index contributed by atoms with van der Waals surface area (Å²) >= 11 is 9.45. The molecule has 16 heavy (non-hydrogen) atoms. The molecule has 0 saturated carbocycles. The highest BCUT2D eigenvalue weighted by atomic mass is 79.9. The second kappa shape index (κ2) is 4.76. The largest absolute Gasteiger partial charge is 0.312 e. The van der Waals surface area contributed by atoms with Crippen molar-refractivity contribution in [2.75, 3.05) is 16.8 Å². The van der Waals surface area contributed by atoms with E-state index in [-0.39, 0.29) is 5.91 Å². The summed E-state index contributed by atoms with van der Waals surface area (Å²) in [6.45, 7) is 2.38. The fourth-order valence-electron chi connectivity index (χ4n) is 2.19. The highest BCUT2D eigenvalue weighted by molar-refractivity contribution is 9.09. The molecule has 1 aromatic rings. The van der Waals surface area contributed by atoms with Crippen molar-refractivity contribution >= 4 is 39.1 Å². The second-order valence-corrected chi connectivity index (χ2v) is 5.24. The average molecular weight is 303 g/mol. The first-order chi connectivity index (χ1) is 7.63. The van der Waals surface area contributed by atoms with Gasteiger partial charge in [0, 0.05) is 35.4 Å². The van der Waals surface area contributed by atoms with Crippen LogP contribution in [0.25, 0.3) is 0 Å². The maximum atomic E-state index is 11.5. The van der Waals surface area contributed by atoms with E-state index in [0.717, 1.165) is 29.0 Å². The molecule has 1 aromatic carbocycles. The fraction of sp³-hybridized carbons (Fsp3) is 0.417. The molecule has 0 aromatic heterocycles. The van der Waals surface area contributed by atoms with E-state index in [9.17, 15) is 4.79 Å². The maximum Gasteiger partial charge on any atom is 0.223 e. The summed E-state index contributed by atoms with van der Waals surface area (Å²) in [7, 11) is 0. The summed E-state index contributed by atoms with van der Waals surface area (Å²) in [6, 6.07) is 5.76. The van der Waals surface area contributed by atoms with E-state index in [0.29, 0.717) is 5.92 Å². The van der Waals surface area contributed by atoms with Gasteiger partial charge in [-0.05, 0) is 30.2 Å². The Balaban J connectivity index is 2.40. The number of alkyl halides is 1. The highest BCUT2D eigenvalue weighted by Crippen LogP contribution is 2.39. The number of nitrogens with zero attached hydrogens (tertiary/aromatic N) is 1. The molecule has 1 atom stereocenters. The number of hydrogen-bond acceptors (Lipinski definition) is 1. The Morgan fingerprint density at radius 1 is 1.62 bits per heavy atom. The van der Waals surface area contributed by atoms with Gasteiger partial charge in [0.25, 0.3) is 0 Å². The van der Waals surface area contributed by atoms with Gasteiger partial charge in [0.1, 0.15) is 0 Å². The van der Waals surface area contributed by atoms with Gasteiger partial charge in [0.2, 0.25) is 5.91 Å². The third-order valence-corrected chi connectivity index (χ3v) is 3.65. The minimum absolute atomic E-state index is 0.0978. The maximum absolute atomic E-state index is 11.5. The topological polar surface area (TPSA) is 20.3 Å². The molecule has 0 bridgehead atoms. The SMILES string of the molecule is CC(=O)N1CC(CCBr)c2cc(Cl)ccc21. The summed E-state index contributed by atoms with van der Waals surface area (Å²) in [5, 5.41) is 1.68. The lowest BCUT2D eigenvalue weighted by Crippen LogP contribution is -2.27. The van der Waals surface area contributed by atoms with Crippen molar-refractivity contribution in [2.45, 2.75) is 19.3 Å². The van der Waals surface area contributed by atoms with Crippen LogP contribution in [-0.4, -0.2) is 17.8 Å². The first kappa shape index (κ1) is 11.9. The molecular weight excluding hydrogens is 289 g/mol. The molecule has 1 heterocycles. The monoisotopic (exact) mass is 301 g/mol. The third kappa shape index (κ3) is 2.11. The number of carbonyl (C=O) groups excluding carboxylic acids is 1. The van der Waals surface area contributed by atoms with Crippen molar-refractivity contribution in [3.63, 3.8) is 0 Å². The Kier molecular flexibility index (Phi) is 3.55. The Bertz CT molecular complexity index is 421. The number of halogens is 2. The average Bonchev–Trinajstić information content (AvgIpc) is 2.58. The van der Waals surface area contributed by atoms with Gasteiger partial charge in [-0.2, -0.15) is 0 Å². The number of benzene rings is 1. The fourth-order valence-corrected chi connectivity index (χ4v) is 2.93. The molecule has 0 N–H and O–H groups in total. The summed E-state index contributed by atoms with van der Waals surface area (Å²) < 4.78 is 0. The van der Waals surface area contributed by atoms with E-state index in [2.05, 4.69) is 15.9 Å². The zero-order chi connectivity index (χ0) is 11.7. The number of anilines is 1. The van der Waals surface area contributed by atoms with Crippen LogP contribution in [0.2, 0.25) is 5.02 Å². The molecule has 0 aliphatic carbocycles. The lowest BCUT2D eigenvalue weighted by Gasteiger charge is -2.14. The molecular formula is C12H13BrClNO. The normalized spacial score (nSPS) is 18.7. The zero-order valence-electron chi connectivity index (χ0n) is 9.04. The number of hydrogen-bond donors (Lipinski definition) is 0. The Morgan fingerprint density at radius 2 is 2.38 bits per heavy atom. The van der Waals surface area contributed by atoms with Crippen LogP contribution < -0.4 is 4.90 Å². The van der Waals surface area contributed by atoms with Crippen LogP contribution >= 0.6 is 27.5 Å². The molecule has 1 aliphatic rings.